The third kappa shape index (κ3) is 4.57. The molecule has 1 amide bonds. The Morgan fingerprint density at radius 1 is 1.16 bits per heavy atom. The van der Waals surface area contributed by atoms with Crippen molar-refractivity contribution in [2.75, 3.05) is 13.7 Å². The Balaban J connectivity index is 1.79. The summed E-state index contributed by atoms with van der Waals surface area (Å²) in [6.45, 7) is 4.77. The molecule has 1 saturated heterocycles. The van der Waals surface area contributed by atoms with Gasteiger partial charge in [-0.05, 0) is 36.3 Å². The van der Waals surface area contributed by atoms with Crippen LogP contribution in [0.2, 0.25) is 0 Å². The van der Waals surface area contributed by atoms with Crippen molar-refractivity contribution in [3.8, 4) is 22.7 Å². The largest absolute Gasteiger partial charge is 0.497 e. The Hall–Kier alpha value is -2.90. The fourth-order valence-electron chi connectivity index (χ4n) is 3.36. The van der Waals surface area contributed by atoms with Crippen LogP contribution in [0.3, 0.4) is 0 Å². The number of hydrogen-bond donors (Lipinski definition) is 0. The fourth-order valence-corrected chi connectivity index (χ4v) is 4.63. The highest BCUT2D eigenvalue weighted by Gasteiger charge is 2.32. The number of nitrogens with zero attached hydrogens (tertiary/aromatic N) is 3. The molecule has 0 N–H and O–H groups in total. The normalized spacial score (nSPS) is 15.4. The van der Waals surface area contributed by atoms with E-state index >= 15 is 0 Å². The van der Waals surface area contributed by atoms with Crippen LogP contribution >= 0.6 is 24.0 Å². The van der Waals surface area contributed by atoms with E-state index in [2.05, 4.69) is 13.8 Å². The van der Waals surface area contributed by atoms with Gasteiger partial charge in [-0.15, -0.1) is 0 Å². The lowest BCUT2D eigenvalue weighted by molar-refractivity contribution is -0.122. The highest BCUT2D eigenvalue weighted by molar-refractivity contribution is 8.26. The van der Waals surface area contributed by atoms with Crippen LogP contribution in [-0.4, -0.2) is 38.6 Å². The summed E-state index contributed by atoms with van der Waals surface area (Å²) < 4.78 is 7.82. The zero-order valence-electron chi connectivity index (χ0n) is 17.6. The second kappa shape index (κ2) is 9.08. The molecule has 31 heavy (non-hydrogen) atoms. The molecule has 0 saturated carbocycles. The molecule has 0 unspecified atom stereocenters. The minimum Gasteiger partial charge on any atom is -0.497 e. The SMILES string of the molecule is COc1cccc(-c2nn(-c3ccccc3)cc2/C=C2\SC(=S)N(CC(C)C)C2=O)c1. The van der Waals surface area contributed by atoms with Gasteiger partial charge in [-0.25, -0.2) is 4.68 Å². The minimum atomic E-state index is -0.0484. The molecule has 0 aliphatic carbocycles. The molecule has 0 spiro atoms. The molecule has 1 fully saturated rings. The second-order valence-corrected chi connectivity index (χ2v) is 9.31. The third-order valence-electron chi connectivity index (χ3n) is 4.81. The molecule has 158 valence electrons. The number of ether oxygens (including phenoxy) is 1. The highest BCUT2D eigenvalue weighted by Crippen LogP contribution is 2.35. The van der Waals surface area contributed by atoms with Crippen LogP contribution in [0.1, 0.15) is 19.4 Å². The number of aromatic nitrogens is 2. The number of amides is 1. The lowest BCUT2D eigenvalue weighted by Crippen LogP contribution is -2.31. The summed E-state index contributed by atoms with van der Waals surface area (Å²) >= 11 is 6.80. The molecule has 0 radical (unpaired) electrons. The van der Waals surface area contributed by atoms with Crippen LogP contribution in [0.5, 0.6) is 5.75 Å². The second-order valence-electron chi connectivity index (χ2n) is 7.63. The predicted octanol–water partition coefficient (Wildman–Crippen LogP) is 5.41. The van der Waals surface area contributed by atoms with Gasteiger partial charge in [0.2, 0.25) is 0 Å². The van der Waals surface area contributed by atoms with Gasteiger partial charge in [0.05, 0.1) is 17.7 Å². The van der Waals surface area contributed by atoms with Crippen molar-refractivity contribution < 1.29 is 9.53 Å². The van der Waals surface area contributed by atoms with Gasteiger partial charge in [-0.3, -0.25) is 9.69 Å². The first-order valence-electron chi connectivity index (χ1n) is 10.0. The molecule has 4 rings (SSSR count). The molecule has 1 aliphatic heterocycles. The summed E-state index contributed by atoms with van der Waals surface area (Å²) in [5, 5.41) is 4.83. The van der Waals surface area contributed by atoms with Gasteiger partial charge in [0.15, 0.2) is 0 Å². The molecule has 5 nitrogen and oxygen atoms in total. The zero-order valence-corrected chi connectivity index (χ0v) is 19.2. The first kappa shape index (κ1) is 21.3. The van der Waals surface area contributed by atoms with Crippen molar-refractivity contribution in [1.29, 1.82) is 0 Å². The number of benzene rings is 2. The highest BCUT2D eigenvalue weighted by atomic mass is 32.2. The number of hydrogen-bond acceptors (Lipinski definition) is 5. The number of thiocarbonyl (C=S) groups is 1. The Bertz CT molecular complexity index is 1150. The number of carbonyl (C=O) groups is 1. The average molecular weight is 450 g/mol. The number of para-hydroxylation sites is 1. The van der Waals surface area contributed by atoms with Crippen LogP contribution in [0.25, 0.3) is 23.0 Å². The smallest absolute Gasteiger partial charge is 0.266 e. The molecule has 2 heterocycles. The van der Waals surface area contributed by atoms with Gasteiger partial charge >= 0.3 is 0 Å². The maximum atomic E-state index is 13.0. The van der Waals surface area contributed by atoms with Gasteiger partial charge in [-0.1, -0.05) is 68.2 Å². The van der Waals surface area contributed by atoms with Gasteiger partial charge in [0, 0.05) is 23.9 Å². The summed E-state index contributed by atoms with van der Waals surface area (Å²) in [5.41, 5.74) is 3.48. The number of carbonyl (C=O) groups excluding carboxylic acids is 1. The maximum Gasteiger partial charge on any atom is 0.266 e. The quantitative estimate of drug-likeness (QED) is 0.372. The Morgan fingerprint density at radius 2 is 1.94 bits per heavy atom. The van der Waals surface area contributed by atoms with E-state index < -0.39 is 0 Å². The average Bonchev–Trinajstić information content (AvgIpc) is 3.31. The number of thioether (sulfide) groups is 1. The van der Waals surface area contributed by atoms with Gasteiger partial charge < -0.3 is 4.74 Å². The zero-order chi connectivity index (χ0) is 22.0. The lowest BCUT2D eigenvalue weighted by atomic mass is 10.1. The van der Waals surface area contributed by atoms with Crippen molar-refractivity contribution in [1.82, 2.24) is 14.7 Å². The van der Waals surface area contributed by atoms with Crippen molar-refractivity contribution in [3.05, 3.63) is 71.3 Å². The van der Waals surface area contributed by atoms with Crippen LogP contribution < -0.4 is 4.74 Å². The molecular formula is C24H23N3O2S2. The summed E-state index contributed by atoms with van der Waals surface area (Å²) in [7, 11) is 1.64. The number of methoxy groups -OCH3 is 1. The van der Waals surface area contributed by atoms with E-state index in [-0.39, 0.29) is 5.91 Å². The summed E-state index contributed by atoms with van der Waals surface area (Å²) in [4.78, 5) is 15.3. The topological polar surface area (TPSA) is 47.4 Å². The summed E-state index contributed by atoms with van der Waals surface area (Å²) in [6, 6.07) is 17.7. The minimum absolute atomic E-state index is 0.0484. The predicted molar refractivity (Wildman–Crippen MR) is 130 cm³/mol. The van der Waals surface area contributed by atoms with Crippen molar-refractivity contribution in [2.45, 2.75) is 13.8 Å². The molecule has 0 bridgehead atoms. The molecular weight excluding hydrogens is 426 g/mol. The van der Waals surface area contributed by atoms with Gasteiger partial charge in [0.1, 0.15) is 15.8 Å². The van der Waals surface area contributed by atoms with E-state index in [0.717, 1.165) is 28.3 Å². The molecule has 0 atom stereocenters. The van der Waals surface area contributed by atoms with Crippen LogP contribution in [0, 0.1) is 5.92 Å². The fraction of sp³-hybridized carbons (Fsp3) is 0.208. The Kier molecular flexibility index (Phi) is 6.25. The van der Waals surface area contributed by atoms with E-state index in [1.165, 1.54) is 11.8 Å². The van der Waals surface area contributed by atoms with E-state index in [1.54, 1.807) is 12.0 Å². The van der Waals surface area contributed by atoms with E-state index in [4.69, 9.17) is 22.1 Å². The van der Waals surface area contributed by atoms with Gasteiger partial charge in [-0.2, -0.15) is 5.10 Å². The monoisotopic (exact) mass is 449 g/mol. The van der Waals surface area contributed by atoms with Crippen molar-refractivity contribution >= 4 is 40.3 Å². The van der Waals surface area contributed by atoms with E-state index in [9.17, 15) is 4.79 Å². The number of rotatable bonds is 6. The molecule has 7 heteroatoms. The lowest BCUT2D eigenvalue weighted by Gasteiger charge is -2.16. The van der Waals surface area contributed by atoms with E-state index in [0.29, 0.717) is 21.7 Å². The van der Waals surface area contributed by atoms with Crippen LogP contribution in [-0.2, 0) is 4.79 Å². The first-order valence-corrected chi connectivity index (χ1v) is 11.2. The molecule has 2 aromatic carbocycles. The molecule has 3 aromatic rings. The summed E-state index contributed by atoms with van der Waals surface area (Å²) in [6.07, 6.45) is 3.83. The Labute approximate surface area is 191 Å². The summed E-state index contributed by atoms with van der Waals surface area (Å²) in [5.74, 6) is 1.05. The van der Waals surface area contributed by atoms with Gasteiger partial charge in [0.25, 0.3) is 5.91 Å². The molecule has 1 aromatic heterocycles. The van der Waals surface area contributed by atoms with E-state index in [1.807, 2.05) is 71.6 Å². The first-order chi connectivity index (χ1) is 15.0. The third-order valence-corrected chi connectivity index (χ3v) is 6.19. The van der Waals surface area contributed by atoms with Crippen molar-refractivity contribution in [2.24, 2.45) is 5.92 Å². The maximum absolute atomic E-state index is 13.0. The van der Waals surface area contributed by atoms with Crippen LogP contribution in [0.15, 0.2) is 65.7 Å². The standard InChI is InChI=1S/C24H23N3O2S2/c1-16(2)14-26-23(28)21(31-24(26)30)13-18-15-27(19-9-5-4-6-10-19)25-22(18)17-8-7-11-20(12-17)29-3/h4-13,15-16H,14H2,1-3H3/b21-13-. The van der Waals surface area contributed by atoms with Crippen LogP contribution in [0.4, 0.5) is 0 Å². The van der Waals surface area contributed by atoms with Crippen molar-refractivity contribution in [3.63, 3.8) is 0 Å². The molecule has 1 aliphatic rings. The Morgan fingerprint density at radius 3 is 2.65 bits per heavy atom.